The maximum atomic E-state index is 2.81. The first-order valence-corrected chi connectivity index (χ1v) is 10.6. The van der Waals surface area contributed by atoms with E-state index < -0.39 is 0 Å². The number of likely N-dealkylation sites (tertiary alicyclic amines) is 3. The molecule has 1 aliphatic carbocycles. The Morgan fingerprint density at radius 1 is 0.958 bits per heavy atom. The molecule has 4 fully saturated rings. The molecule has 138 valence electrons. The molecule has 1 saturated carbocycles. The fraction of sp³-hybridized carbons (Fsp3) is 1.00. The van der Waals surface area contributed by atoms with E-state index in [1.54, 1.807) is 0 Å². The first kappa shape index (κ1) is 17.3. The third-order valence-corrected chi connectivity index (χ3v) is 7.41. The first-order chi connectivity index (χ1) is 11.5. The van der Waals surface area contributed by atoms with Crippen LogP contribution in [0, 0.1) is 22.7 Å². The van der Waals surface area contributed by atoms with E-state index in [1.165, 1.54) is 90.9 Å². The Morgan fingerprint density at radius 2 is 1.67 bits per heavy atom. The predicted octanol–water partition coefficient (Wildman–Crippen LogP) is 3.16. The number of hydrogen-bond acceptors (Lipinski definition) is 3. The average Bonchev–Trinajstić information content (AvgIpc) is 3.08. The Morgan fingerprint density at radius 3 is 2.29 bits per heavy atom. The van der Waals surface area contributed by atoms with E-state index in [1.807, 2.05) is 0 Å². The summed E-state index contributed by atoms with van der Waals surface area (Å²) in [7, 11) is 2.28. The zero-order chi connectivity index (χ0) is 16.8. The fourth-order valence-corrected chi connectivity index (χ4v) is 5.96. The van der Waals surface area contributed by atoms with Crippen LogP contribution in [-0.2, 0) is 0 Å². The molecule has 0 N–H and O–H groups in total. The molecular weight excluding hydrogens is 294 g/mol. The fourth-order valence-electron chi connectivity index (χ4n) is 5.96. The van der Waals surface area contributed by atoms with Crippen LogP contribution in [0.25, 0.3) is 0 Å². The number of nitrogens with zero attached hydrogens (tertiary/aromatic N) is 3. The van der Waals surface area contributed by atoms with Crippen LogP contribution in [0.3, 0.4) is 0 Å². The van der Waals surface area contributed by atoms with Crippen LogP contribution in [-0.4, -0.2) is 74.1 Å². The smallest absolute Gasteiger partial charge is 0.00516 e. The van der Waals surface area contributed by atoms with Crippen LogP contribution in [0.15, 0.2) is 0 Å². The van der Waals surface area contributed by atoms with Gasteiger partial charge in [0.25, 0.3) is 0 Å². The van der Waals surface area contributed by atoms with Crippen molar-refractivity contribution >= 4 is 0 Å². The molecule has 0 aromatic heterocycles. The van der Waals surface area contributed by atoms with Gasteiger partial charge in [0.05, 0.1) is 0 Å². The van der Waals surface area contributed by atoms with Crippen molar-refractivity contribution in [3.8, 4) is 0 Å². The van der Waals surface area contributed by atoms with Crippen LogP contribution >= 0.6 is 0 Å². The van der Waals surface area contributed by atoms with Gasteiger partial charge in [-0.1, -0.05) is 13.8 Å². The summed E-state index contributed by atoms with van der Waals surface area (Å²) in [5.74, 6) is 1.82. The lowest BCUT2D eigenvalue weighted by atomic mass is 9.72. The average molecular weight is 334 g/mol. The number of hydrogen-bond donors (Lipinski definition) is 0. The van der Waals surface area contributed by atoms with Gasteiger partial charge in [-0.25, -0.2) is 0 Å². The Balaban J connectivity index is 1.18. The quantitative estimate of drug-likeness (QED) is 0.739. The topological polar surface area (TPSA) is 9.72 Å². The monoisotopic (exact) mass is 333 g/mol. The van der Waals surface area contributed by atoms with Crippen molar-refractivity contribution in [3.05, 3.63) is 0 Å². The van der Waals surface area contributed by atoms with E-state index in [0.29, 0.717) is 5.41 Å². The van der Waals surface area contributed by atoms with Gasteiger partial charge in [-0.3, -0.25) is 0 Å². The van der Waals surface area contributed by atoms with E-state index >= 15 is 0 Å². The van der Waals surface area contributed by atoms with Gasteiger partial charge >= 0.3 is 0 Å². The second kappa shape index (κ2) is 6.55. The molecule has 3 nitrogen and oxygen atoms in total. The summed E-state index contributed by atoms with van der Waals surface area (Å²) in [5.41, 5.74) is 1.43. The van der Waals surface area contributed by atoms with E-state index in [-0.39, 0.29) is 0 Å². The summed E-state index contributed by atoms with van der Waals surface area (Å²) in [6.45, 7) is 15.8. The molecule has 0 aromatic rings. The molecule has 4 rings (SSSR count). The van der Waals surface area contributed by atoms with Crippen LogP contribution in [0.1, 0.15) is 52.4 Å². The Hall–Kier alpha value is -0.120. The maximum absolute atomic E-state index is 2.81. The zero-order valence-corrected chi connectivity index (χ0v) is 16.4. The molecule has 4 aliphatic rings. The second-order valence-corrected chi connectivity index (χ2v) is 10.5. The molecular formula is C21H39N3. The Labute approximate surface area is 149 Å². The van der Waals surface area contributed by atoms with Crippen molar-refractivity contribution in [1.29, 1.82) is 0 Å². The summed E-state index contributed by atoms with van der Waals surface area (Å²) in [6, 6.07) is 0. The molecule has 3 heterocycles. The highest BCUT2D eigenvalue weighted by atomic mass is 15.2. The number of piperidine rings is 1. The van der Waals surface area contributed by atoms with Crippen LogP contribution in [0.4, 0.5) is 0 Å². The van der Waals surface area contributed by atoms with Gasteiger partial charge in [0.15, 0.2) is 0 Å². The highest BCUT2D eigenvalue weighted by molar-refractivity contribution is 5.00. The third-order valence-electron chi connectivity index (χ3n) is 7.41. The SMILES string of the molecule is CC(C)CC1(CN2CC[C@H](CN3CC4(CCN(C)CC4)C3)C2)CC1. The molecule has 1 spiro atoms. The minimum absolute atomic E-state index is 0.708. The zero-order valence-electron chi connectivity index (χ0n) is 16.4. The van der Waals surface area contributed by atoms with Crippen LogP contribution in [0.2, 0.25) is 0 Å². The lowest BCUT2D eigenvalue weighted by molar-refractivity contribution is -0.0488. The summed E-state index contributed by atoms with van der Waals surface area (Å²) in [4.78, 5) is 8.10. The lowest BCUT2D eigenvalue weighted by Gasteiger charge is -2.54. The number of rotatable bonds is 6. The molecule has 0 unspecified atom stereocenters. The van der Waals surface area contributed by atoms with E-state index in [4.69, 9.17) is 0 Å². The molecule has 0 amide bonds. The molecule has 0 radical (unpaired) electrons. The van der Waals surface area contributed by atoms with E-state index in [0.717, 1.165) is 17.3 Å². The third kappa shape index (κ3) is 3.83. The summed E-state index contributed by atoms with van der Waals surface area (Å²) in [6.07, 6.45) is 8.77. The highest BCUT2D eigenvalue weighted by Crippen LogP contribution is 2.51. The minimum atomic E-state index is 0.708. The van der Waals surface area contributed by atoms with Crippen molar-refractivity contribution in [1.82, 2.24) is 14.7 Å². The summed E-state index contributed by atoms with van der Waals surface area (Å²) >= 11 is 0. The first-order valence-electron chi connectivity index (χ1n) is 10.6. The standard InChI is InChI=1S/C21H39N3/c1-18(2)12-20(5-6-20)15-23-9-4-19(13-23)14-24-16-21(17-24)7-10-22(3)11-8-21/h18-19H,4-17H2,1-3H3/t19-/m0/s1. The van der Waals surface area contributed by atoms with Gasteiger partial charge < -0.3 is 14.7 Å². The maximum Gasteiger partial charge on any atom is 0.00516 e. The van der Waals surface area contributed by atoms with Crippen molar-refractivity contribution < 1.29 is 0 Å². The van der Waals surface area contributed by atoms with Gasteiger partial charge in [0.1, 0.15) is 0 Å². The van der Waals surface area contributed by atoms with Gasteiger partial charge in [-0.2, -0.15) is 0 Å². The molecule has 0 bridgehead atoms. The van der Waals surface area contributed by atoms with Crippen molar-refractivity contribution in [2.24, 2.45) is 22.7 Å². The lowest BCUT2D eigenvalue weighted by Crippen LogP contribution is -2.60. The van der Waals surface area contributed by atoms with Gasteiger partial charge in [-0.15, -0.1) is 0 Å². The van der Waals surface area contributed by atoms with Crippen LogP contribution in [0.5, 0.6) is 0 Å². The van der Waals surface area contributed by atoms with Crippen molar-refractivity contribution in [2.45, 2.75) is 52.4 Å². The minimum Gasteiger partial charge on any atom is -0.306 e. The predicted molar refractivity (Wildman–Crippen MR) is 101 cm³/mol. The molecule has 3 aliphatic heterocycles. The largest absolute Gasteiger partial charge is 0.306 e. The van der Waals surface area contributed by atoms with Gasteiger partial charge in [0, 0.05) is 32.7 Å². The van der Waals surface area contributed by atoms with E-state index in [9.17, 15) is 0 Å². The normalized spacial score (nSPS) is 33.2. The van der Waals surface area contributed by atoms with Crippen LogP contribution < -0.4 is 0 Å². The molecule has 3 saturated heterocycles. The molecule has 1 atom stereocenters. The Bertz CT molecular complexity index is 426. The molecule has 24 heavy (non-hydrogen) atoms. The summed E-state index contributed by atoms with van der Waals surface area (Å²) < 4.78 is 0. The molecule has 3 heteroatoms. The van der Waals surface area contributed by atoms with Crippen molar-refractivity contribution in [3.63, 3.8) is 0 Å². The van der Waals surface area contributed by atoms with Gasteiger partial charge in [0.2, 0.25) is 0 Å². The molecule has 0 aromatic carbocycles. The second-order valence-electron chi connectivity index (χ2n) is 10.5. The highest BCUT2D eigenvalue weighted by Gasteiger charge is 2.46. The van der Waals surface area contributed by atoms with Crippen molar-refractivity contribution in [2.75, 3.05) is 59.4 Å². The summed E-state index contributed by atoms with van der Waals surface area (Å²) in [5, 5.41) is 0. The Kier molecular flexibility index (Phi) is 4.73. The van der Waals surface area contributed by atoms with E-state index in [2.05, 4.69) is 35.6 Å². The van der Waals surface area contributed by atoms with Gasteiger partial charge in [-0.05, 0) is 87.9 Å².